The van der Waals surface area contributed by atoms with Gasteiger partial charge in [-0.1, -0.05) is 23.2 Å². The molecule has 9 heteroatoms. The summed E-state index contributed by atoms with van der Waals surface area (Å²) < 4.78 is 23.5. The Kier molecular flexibility index (Phi) is 4.60. The third-order valence-electron chi connectivity index (χ3n) is 1.88. The van der Waals surface area contributed by atoms with Crippen LogP contribution in [0.25, 0.3) is 0 Å². The standard InChI is InChI=1S/C8H6Cl3NO4S/c9-1-2-17(15,16)8-4-6(11)5(10)3-7(8)12(13)14/h3-4H,1-2H2. The van der Waals surface area contributed by atoms with Crippen LogP contribution in [0.1, 0.15) is 0 Å². The summed E-state index contributed by atoms with van der Waals surface area (Å²) in [4.78, 5) is 9.44. The molecule has 0 N–H and O–H groups in total. The fourth-order valence-electron chi connectivity index (χ4n) is 1.12. The lowest BCUT2D eigenvalue weighted by atomic mass is 10.3. The maximum Gasteiger partial charge on any atom is 0.289 e. The van der Waals surface area contributed by atoms with E-state index in [1.807, 2.05) is 0 Å². The van der Waals surface area contributed by atoms with Crippen molar-refractivity contribution in [1.82, 2.24) is 0 Å². The van der Waals surface area contributed by atoms with Crippen LogP contribution in [-0.4, -0.2) is 25.0 Å². The van der Waals surface area contributed by atoms with Crippen LogP contribution in [-0.2, 0) is 9.84 Å². The molecule has 0 spiro atoms. The van der Waals surface area contributed by atoms with E-state index >= 15 is 0 Å². The number of hydrogen-bond acceptors (Lipinski definition) is 4. The second-order valence-corrected chi connectivity index (χ2v) is 6.27. The first kappa shape index (κ1) is 14.5. The first-order valence-electron chi connectivity index (χ1n) is 4.21. The number of rotatable bonds is 4. The van der Waals surface area contributed by atoms with E-state index in [1.165, 1.54) is 0 Å². The molecule has 0 fully saturated rings. The molecule has 0 aliphatic rings. The van der Waals surface area contributed by atoms with Crippen molar-refractivity contribution in [3.8, 4) is 0 Å². The van der Waals surface area contributed by atoms with Crippen molar-refractivity contribution in [3.63, 3.8) is 0 Å². The molecule has 1 aromatic carbocycles. The van der Waals surface area contributed by atoms with Crippen molar-refractivity contribution < 1.29 is 13.3 Å². The summed E-state index contributed by atoms with van der Waals surface area (Å²) in [7, 11) is -3.84. The average molecular weight is 319 g/mol. The summed E-state index contributed by atoms with van der Waals surface area (Å²) in [6.45, 7) is 0. The molecule has 0 bridgehead atoms. The lowest BCUT2D eigenvalue weighted by molar-refractivity contribution is -0.387. The Bertz CT molecular complexity index is 558. The molecular formula is C8H6Cl3NO4S. The number of alkyl halides is 1. The second kappa shape index (κ2) is 5.39. The maximum atomic E-state index is 11.7. The Morgan fingerprint density at radius 1 is 1.24 bits per heavy atom. The van der Waals surface area contributed by atoms with Crippen molar-refractivity contribution >= 4 is 50.3 Å². The zero-order chi connectivity index (χ0) is 13.2. The molecular weight excluding hydrogens is 313 g/mol. The summed E-state index contributed by atoms with van der Waals surface area (Å²) in [5.41, 5.74) is -0.607. The molecule has 0 saturated heterocycles. The first-order valence-corrected chi connectivity index (χ1v) is 7.16. The van der Waals surface area contributed by atoms with Crippen molar-refractivity contribution in [3.05, 3.63) is 32.3 Å². The monoisotopic (exact) mass is 317 g/mol. The minimum absolute atomic E-state index is 0.0644. The topological polar surface area (TPSA) is 77.3 Å². The Hall–Kier alpha value is -0.560. The normalized spacial score (nSPS) is 11.5. The van der Waals surface area contributed by atoms with E-state index in [-0.39, 0.29) is 15.9 Å². The molecule has 0 radical (unpaired) electrons. The molecule has 0 aliphatic heterocycles. The van der Waals surface area contributed by atoms with Crippen LogP contribution in [0.2, 0.25) is 10.0 Å². The highest BCUT2D eigenvalue weighted by Crippen LogP contribution is 2.33. The van der Waals surface area contributed by atoms with Crippen LogP contribution in [0.15, 0.2) is 17.0 Å². The van der Waals surface area contributed by atoms with Gasteiger partial charge < -0.3 is 0 Å². The fraction of sp³-hybridized carbons (Fsp3) is 0.250. The van der Waals surface area contributed by atoms with Crippen LogP contribution in [0.5, 0.6) is 0 Å². The molecule has 0 amide bonds. The zero-order valence-corrected chi connectivity index (χ0v) is 11.3. The maximum absolute atomic E-state index is 11.7. The molecule has 1 aromatic rings. The van der Waals surface area contributed by atoms with E-state index in [2.05, 4.69) is 0 Å². The Labute approximate surface area is 112 Å². The second-order valence-electron chi connectivity index (χ2n) is 3.00. The number of hydrogen-bond donors (Lipinski definition) is 0. The van der Waals surface area contributed by atoms with Crippen molar-refractivity contribution in [2.45, 2.75) is 4.90 Å². The Morgan fingerprint density at radius 3 is 2.24 bits per heavy atom. The summed E-state index contributed by atoms with van der Waals surface area (Å²) in [5, 5.41) is 10.6. The summed E-state index contributed by atoms with van der Waals surface area (Å²) in [6.07, 6.45) is 0. The molecule has 17 heavy (non-hydrogen) atoms. The average Bonchev–Trinajstić information content (AvgIpc) is 2.20. The minimum Gasteiger partial charge on any atom is -0.258 e. The van der Waals surface area contributed by atoms with Crippen molar-refractivity contribution in [1.29, 1.82) is 0 Å². The van der Waals surface area contributed by atoms with Crippen LogP contribution in [0, 0.1) is 10.1 Å². The van der Waals surface area contributed by atoms with Gasteiger partial charge in [-0.05, 0) is 6.07 Å². The fourth-order valence-corrected chi connectivity index (χ4v) is 3.29. The van der Waals surface area contributed by atoms with Gasteiger partial charge in [-0.2, -0.15) is 0 Å². The highest BCUT2D eigenvalue weighted by Gasteiger charge is 2.27. The predicted octanol–water partition coefficient (Wildman–Crippen LogP) is 2.91. The van der Waals surface area contributed by atoms with E-state index in [4.69, 9.17) is 34.8 Å². The van der Waals surface area contributed by atoms with Crippen molar-refractivity contribution in [2.75, 3.05) is 11.6 Å². The molecule has 0 aromatic heterocycles. The van der Waals surface area contributed by atoms with Crippen molar-refractivity contribution in [2.24, 2.45) is 0 Å². The van der Waals surface area contributed by atoms with Crippen LogP contribution < -0.4 is 0 Å². The molecule has 0 unspecified atom stereocenters. The van der Waals surface area contributed by atoms with Gasteiger partial charge >= 0.3 is 0 Å². The van der Waals surface area contributed by atoms with Gasteiger partial charge in [0.2, 0.25) is 0 Å². The van der Waals surface area contributed by atoms with E-state index in [0.29, 0.717) is 0 Å². The predicted molar refractivity (Wildman–Crippen MR) is 65.9 cm³/mol. The Morgan fingerprint density at radius 2 is 1.76 bits per heavy atom. The van der Waals surface area contributed by atoms with Gasteiger partial charge in [0, 0.05) is 11.9 Å². The van der Waals surface area contributed by atoms with Gasteiger partial charge in [0.15, 0.2) is 9.84 Å². The lowest BCUT2D eigenvalue weighted by Gasteiger charge is -2.05. The minimum atomic E-state index is -3.84. The number of nitrogens with zero attached hydrogens (tertiary/aromatic N) is 1. The molecule has 0 aliphatic carbocycles. The van der Waals surface area contributed by atoms with E-state index in [0.717, 1.165) is 12.1 Å². The quantitative estimate of drug-likeness (QED) is 0.486. The van der Waals surface area contributed by atoms with Gasteiger partial charge in [0.05, 0.1) is 20.7 Å². The van der Waals surface area contributed by atoms with Gasteiger partial charge in [-0.3, -0.25) is 10.1 Å². The van der Waals surface area contributed by atoms with E-state index in [9.17, 15) is 18.5 Å². The molecule has 0 heterocycles. The smallest absolute Gasteiger partial charge is 0.258 e. The van der Waals surface area contributed by atoms with Crippen LogP contribution in [0.4, 0.5) is 5.69 Å². The van der Waals surface area contributed by atoms with Gasteiger partial charge in [-0.25, -0.2) is 8.42 Å². The molecule has 94 valence electrons. The summed E-state index contributed by atoms with van der Waals surface area (Å²) in [5.74, 6) is -0.576. The number of halogens is 3. The highest BCUT2D eigenvalue weighted by atomic mass is 35.5. The van der Waals surface area contributed by atoms with Gasteiger partial charge in [0.25, 0.3) is 5.69 Å². The number of sulfone groups is 1. The third-order valence-corrected chi connectivity index (χ3v) is 4.75. The largest absolute Gasteiger partial charge is 0.289 e. The molecule has 0 atom stereocenters. The summed E-state index contributed by atoms with van der Waals surface area (Å²) >= 11 is 16.6. The van der Waals surface area contributed by atoms with E-state index in [1.54, 1.807) is 0 Å². The summed E-state index contributed by atoms with van der Waals surface area (Å²) in [6, 6.07) is 1.87. The molecule has 5 nitrogen and oxygen atoms in total. The van der Waals surface area contributed by atoms with Gasteiger partial charge in [-0.15, -0.1) is 11.6 Å². The number of nitro benzene ring substituents is 1. The van der Waals surface area contributed by atoms with Crippen LogP contribution in [0.3, 0.4) is 0 Å². The first-order chi connectivity index (χ1) is 7.79. The van der Waals surface area contributed by atoms with Gasteiger partial charge in [0.1, 0.15) is 4.90 Å². The molecule has 0 saturated carbocycles. The Balaban J connectivity index is 3.52. The highest BCUT2D eigenvalue weighted by molar-refractivity contribution is 7.91. The van der Waals surface area contributed by atoms with E-state index < -0.39 is 31.1 Å². The SMILES string of the molecule is O=[N+]([O-])c1cc(Cl)c(Cl)cc1S(=O)(=O)CCCl. The third kappa shape index (κ3) is 3.22. The number of benzene rings is 1. The molecule has 1 rings (SSSR count). The number of nitro groups is 1. The lowest BCUT2D eigenvalue weighted by Crippen LogP contribution is -2.10. The zero-order valence-electron chi connectivity index (χ0n) is 8.19. The van der Waals surface area contributed by atoms with Crippen LogP contribution >= 0.6 is 34.8 Å².